The van der Waals surface area contributed by atoms with Crippen LogP contribution < -0.4 is 0 Å². The van der Waals surface area contributed by atoms with E-state index in [2.05, 4.69) is 439 Å². The lowest BCUT2D eigenvalue weighted by Crippen LogP contribution is -2.16. The van der Waals surface area contributed by atoms with Crippen molar-refractivity contribution in [3.63, 3.8) is 0 Å². The molecule has 23 aromatic rings. The fourth-order valence-electron chi connectivity index (χ4n) is 19.2. The van der Waals surface area contributed by atoms with E-state index in [-0.39, 0.29) is 10.8 Å². The zero-order chi connectivity index (χ0) is 88.3. The number of hydrogen-bond acceptors (Lipinski definition) is 4. The maximum Gasteiger partial charge on any atom is 0.138 e. The van der Waals surface area contributed by atoms with Crippen LogP contribution in [0.5, 0.6) is 0 Å². The molecule has 25 rings (SSSR count). The second-order valence-corrected chi connectivity index (χ2v) is 36.0. The molecule has 17 aromatic carbocycles. The van der Waals surface area contributed by atoms with Crippen LogP contribution in [0.4, 0.5) is 0 Å². The van der Waals surface area contributed by atoms with Gasteiger partial charge in [-0.2, -0.15) is 0 Å². The summed E-state index contributed by atoms with van der Waals surface area (Å²) in [6.07, 6.45) is 0. The fraction of sp³-hybridized carbons (Fsp3) is 0.123. The van der Waals surface area contributed by atoms with Crippen molar-refractivity contribution in [3.8, 4) is 50.5 Å². The Balaban J connectivity index is 0.0000000991. The fourth-order valence-corrected chi connectivity index (χ4v) is 20.4. The second kappa shape index (κ2) is 36.1. The summed E-state index contributed by atoms with van der Waals surface area (Å²) >= 11 is 1.89. The number of thiophene rings is 1. The van der Waals surface area contributed by atoms with Gasteiger partial charge in [0.25, 0.3) is 0 Å². The van der Waals surface area contributed by atoms with Crippen LogP contribution in [0.15, 0.2) is 409 Å². The summed E-state index contributed by atoms with van der Waals surface area (Å²) in [4.78, 5) is 4.75. The molecule has 0 saturated heterocycles. The first-order chi connectivity index (χ1) is 62.3. The van der Waals surface area contributed by atoms with E-state index in [9.17, 15) is 0 Å². The Bertz CT molecular complexity index is 7870. The molecule has 0 aliphatic heterocycles. The van der Waals surface area contributed by atoms with E-state index >= 15 is 0 Å². The number of aromatic nitrogens is 3. The van der Waals surface area contributed by atoms with Gasteiger partial charge in [-0.15, -0.1) is 11.3 Å². The number of benzene rings is 17. The highest BCUT2D eigenvalue weighted by atomic mass is 32.1. The smallest absolute Gasteiger partial charge is 0.138 e. The number of fused-ring (bicyclic) bond motifs is 21. The van der Waals surface area contributed by atoms with E-state index < -0.39 is 0 Å². The van der Waals surface area contributed by atoms with Gasteiger partial charge < -0.3 is 18.0 Å². The van der Waals surface area contributed by atoms with Crippen LogP contribution in [0, 0.1) is 55.4 Å². The first-order valence-corrected chi connectivity index (χ1v) is 45.2. The van der Waals surface area contributed by atoms with Crippen molar-refractivity contribution >= 4 is 119 Å². The third-order valence-electron chi connectivity index (χ3n) is 25.4. The molecule has 0 unspecified atom stereocenters. The van der Waals surface area contributed by atoms with Crippen molar-refractivity contribution < 1.29 is 8.83 Å². The van der Waals surface area contributed by atoms with Gasteiger partial charge in [0.05, 0.1) is 27.9 Å². The lowest BCUT2D eigenvalue weighted by molar-refractivity contribution is 0.655. The minimum Gasteiger partial charge on any atom is -0.456 e. The monoisotopic (exact) mass is 1680 g/mol. The van der Waals surface area contributed by atoms with Crippen molar-refractivity contribution in [3.05, 3.63) is 467 Å². The van der Waals surface area contributed by atoms with E-state index in [1.54, 1.807) is 0 Å². The van der Waals surface area contributed by atoms with E-state index in [4.69, 9.17) is 13.8 Å². The molecule has 0 spiro atoms. The molecule has 2 aliphatic carbocycles. The lowest BCUT2D eigenvalue weighted by Gasteiger charge is -2.23. The quantitative estimate of drug-likeness (QED) is 0.177. The molecular weight excluding hydrogens is 1570 g/mol. The van der Waals surface area contributed by atoms with E-state index in [0.717, 1.165) is 44.8 Å². The average Bonchev–Trinajstić information content (AvgIpc) is 1.56. The Hall–Kier alpha value is -14.7. The summed E-state index contributed by atoms with van der Waals surface area (Å²) in [5, 5.41) is 12.9. The lowest BCUT2D eigenvalue weighted by atomic mass is 9.80. The summed E-state index contributed by atoms with van der Waals surface area (Å²) in [5.41, 5.74) is 37.0. The standard InChI is InChI=1S/C19H15N.C18H15N.2C16H16.C14H13N.2C13H10O.C13H10S/c1-14-8-7-12-17-16-11-5-6-13-18(16)20(19(14)17)15-9-3-2-4-10-15;1-14-7-5-10-16(13-14)18-12-6-11-17(19-18)15-8-3-2-4-9-15;1-11-7-6-9-13-12-8-4-5-10-14(12)16(2,3)15(11)13;1-11-8-9-15-13(10-11)12-6-4-5-7-14(12)16(15,2)3;1-10-6-5-8-12-11-7-3-4-9-13(11)15(2)14(10)12;1-9-5-4-7-11-10-6-2-3-8-12(10)14-13(9)11;1-9-6-7-13-11(8-9)10-4-2-3-5-12(10)14-13;1-9-5-4-7-11-10-6-2-3-8-12(10)14-13(9)11/h2-13H,1H3;2-13H,1H3;2*4-10H,1-3H3;3-9H,1-2H3;3*2-8H,1H3. The Morgan fingerprint density at radius 3 is 1.42 bits per heavy atom. The van der Waals surface area contributed by atoms with Gasteiger partial charge in [-0.05, 0) is 201 Å². The number of hydrogen-bond donors (Lipinski definition) is 0. The third kappa shape index (κ3) is 16.5. The Kier molecular flexibility index (Phi) is 23.7. The van der Waals surface area contributed by atoms with Crippen LogP contribution in [-0.2, 0) is 17.9 Å². The van der Waals surface area contributed by atoms with Gasteiger partial charge in [0.1, 0.15) is 22.3 Å². The first-order valence-electron chi connectivity index (χ1n) is 44.4. The summed E-state index contributed by atoms with van der Waals surface area (Å²) in [5.74, 6) is 0. The number of furan rings is 2. The van der Waals surface area contributed by atoms with Gasteiger partial charge in [-0.25, -0.2) is 4.98 Å². The molecule has 6 heterocycles. The van der Waals surface area contributed by atoms with Crippen LogP contribution in [0.2, 0.25) is 0 Å². The Morgan fingerprint density at radius 2 is 0.719 bits per heavy atom. The van der Waals surface area contributed by atoms with Gasteiger partial charge in [-0.3, -0.25) is 0 Å². The minimum absolute atomic E-state index is 0.150. The van der Waals surface area contributed by atoms with Crippen molar-refractivity contribution in [1.29, 1.82) is 0 Å². The molecule has 0 fully saturated rings. The van der Waals surface area contributed by atoms with Gasteiger partial charge in [0.15, 0.2) is 0 Å². The molecule has 0 bridgehead atoms. The molecule has 128 heavy (non-hydrogen) atoms. The van der Waals surface area contributed by atoms with E-state index in [0.29, 0.717) is 0 Å². The van der Waals surface area contributed by atoms with Crippen molar-refractivity contribution in [2.45, 2.75) is 93.9 Å². The molecule has 2 aliphatic rings. The second-order valence-electron chi connectivity index (χ2n) is 34.9. The van der Waals surface area contributed by atoms with Gasteiger partial charge in [-0.1, -0.05) is 372 Å². The molecule has 0 amide bonds. The minimum atomic E-state index is 0.150. The van der Waals surface area contributed by atoms with Crippen molar-refractivity contribution in [1.82, 2.24) is 14.1 Å². The molecule has 5 nitrogen and oxygen atoms in total. The summed E-state index contributed by atoms with van der Waals surface area (Å²) in [6.45, 7) is 26.5. The van der Waals surface area contributed by atoms with Crippen LogP contribution >= 0.6 is 11.3 Å². The molecule has 0 radical (unpaired) electrons. The Labute approximate surface area is 755 Å². The zero-order valence-corrected chi connectivity index (χ0v) is 76.0. The summed E-state index contributed by atoms with van der Waals surface area (Å²) < 4.78 is 18.9. The first kappa shape index (κ1) is 84.2. The molecule has 0 atom stereocenters. The average molecular weight is 1680 g/mol. The van der Waals surface area contributed by atoms with Gasteiger partial charge >= 0.3 is 0 Å². The highest BCUT2D eigenvalue weighted by Gasteiger charge is 2.37. The van der Waals surface area contributed by atoms with Crippen molar-refractivity contribution in [2.24, 2.45) is 7.05 Å². The highest BCUT2D eigenvalue weighted by Crippen LogP contribution is 2.51. The molecule has 626 valence electrons. The van der Waals surface area contributed by atoms with E-state index in [1.807, 2.05) is 72.0 Å². The topological polar surface area (TPSA) is 49.0 Å². The van der Waals surface area contributed by atoms with Crippen LogP contribution in [0.25, 0.3) is 158 Å². The zero-order valence-electron chi connectivity index (χ0n) is 75.2. The number of rotatable bonds is 3. The molecule has 0 N–H and O–H groups in total. The number of nitrogens with zero attached hydrogens (tertiary/aromatic N) is 3. The van der Waals surface area contributed by atoms with Gasteiger partial charge in [0.2, 0.25) is 0 Å². The predicted molar refractivity (Wildman–Crippen MR) is 549 cm³/mol. The number of para-hydroxylation sites is 8. The Morgan fingerprint density at radius 1 is 0.273 bits per heavy atom. The van der Waals surface area contributed by atoms with Crippen LogP contribution in [-0.4, -0.2) is 14.1 Å². The number of aryl methyl sites for hydroxylation is 9. The maximum absolute atomic E-state index is 5.78. The largest absolute Gasteiger partial charge is 0.456 e. The van der Waals surface area contributed by atoms with Crippen molar-refractivity contribution in [2.75, 3.05) is 0 Å². The summed E-state index contributed by atoms with van der Waals surface area (Å²) in [6, 6.07) is 141. The molecular formula is C122H105N3O2S. The predicted octanol–water partition coefficient (Wildman–Crippen LogP) is 34.2. The van der Waals surface area contributed by atoms with E-state index in [1.165, 1.54) is 180 Å². The molecule has 6 heteroatoms. The maximum atomic E-state index is 5.78. The molecule has 0 saturated carbocycles. The van der Waals surface area contributed by atoms with Crippen LogP contribution in [0.3, 0.4) is 0 Å². The van der Waals surface area contributed by atoms with Crippen LogP contribution in [0.1, 0.15) is 94.5 Å². The van der Waals surface area contributed by atoms with Gasteiger partial charge in [0, 0.05) is 103 Å². The molecule has 6 aromatic heterocycles. The summed E-state index contributed by atoms with van der Waals surface area (Å²) in [7, 11) is 2.14. The SMILES string of the molecule is Cc1ccc2c(c1)-c1ccccc1C2(C)C.Cc1ccc2oc3ccccc3c2c1.Cc1cccc(-c2cccc(-c3ccccc3)n2)c1.Cc1cccc2c1C(C)(C)c1ccccc1-2.Cc1cccc2c1oc1ccccc12.Cc1cccc2c1sc1ccccc12.Cc1cccc2c3ccccc3n(-c3ccccc3)c12.Cc1cccc2c3ccccc3n(C)c12. The highest BCUT2D eigenvalue weighted by molar-refractivity contribution is 7.26. The third-order valence-corrected chi connectivity index (χ3v) is 26.8. The number of pyridine rings is 1. The normalized spacial score (nSPS) is 12.2.